The van der Waals surface area contributed by atoms with E-state index < -0.39 is 29.3 Å². The number of esters is 1. The molecule has 2 N–H and O–H groups in total. The van der Waals surface area contributed by atoms with Crippen LogP contribution in [0.3, 0.4) is 0 Å². The third kappa shape index (κ3) is 5.84. The van der Waals surface area contributed by atoms with E-state index in [0.717, 1.165) is 0 Å². The Bertz CT molecular complexity index is 899. The molecule has 0 saturated carbocycles. The molecule has 7 nitrogen and oxygen atoms in total. The second-order valence-electron chi connectivity index (χ2n) is 5.04. The van der Waals surface area contributed by atoms with Gasteiger partial charge in [-0.15, -0.1) is 0 Å². The van der Waals surface area contributed by atoms with Gasteiger partial charge in [-0.2, -0.15) is 13.2 Å². The molecule has 0 fully saturated rings. The number of H-pyrrole nitrogens is 1. The molecule has 0 bridgehead atoms. The maximum absolute atomic E-state index is 12.7. The summed E-state index contributed by atoms with van der Waals surface area (Å²) in [4.78, 5) is 40.6. The summed E-state index contributed by atoms with van der Waals surface area (Å²) in [6.07, 6.45) is -4.77. The van der Waals surface area contributed by atoms with Crippen molar-refractivity contribution in [3.63, 3.8) is 0 Å². The molecule has 2 aromatic rings. The molecule has 1 heterocycles. The minimum Gasteiger partial charge on any atom is -0.462 e. The summed E-state index contributed by atoms with van der Waals surface area (Å²) in [6.45, 7) is 1.80. The lowest BCUT2D eigenvalue weighted by Crippen LogP contribution is -2.19. The Morgan fingerprint density at radius 3 is 2.67 bits per heavy atom. The molecule has 0 aliphatic heterocycles. The minimum atomic E-state index is -4.77. The lowest BCUT2D eigenvalue weighted by atomic mass is 10.2. The zero-order chi connectivity index (χ0) is 20.0. The SMILES string of the molecule is CCOC(=O)c1ccccc1NC(=O)CSc1nc(C(F)(F)F)cc(=O)[nH]1. The van der Waals surface area contributed by atoms with Crippen molar-refractivity contribution in [3.05, 3.63) is 51.9 Å². The second kappa shape index (κ2) is 8.71. The Morgan fingerprint density at radius 1 is 1.30 bits per heavy atom. The van der Waals surface area contributed by atoms with E-state index in [1.807, 2.05) is 0 Å². The van der Waals surface area contributed by atoms with Crippen LogP contribution in [-0.4, -0.2) is 34.2 Å². The average Bonchev–Trinajstić information content (AvgIpc) is 2.59. The highest BCUT2D eigenvalue weighted by molar-refractivity contribution is 7.99. The normalized spacial score (nSPS) is 11.1. The molecule has 11 heteroatoms. The maximum Gasteiger partial charge on any atom is 0.433 e. The van der Waals surface area contributed by atoms with Crippen LogP contribution in [0.15, 0.2) is 40.3 Å². The van der Waals surface area contributed by atoms with Crippen LogP contribution in [0.5, 0.6) is 0 Å². The van der Waals surface area contributed by atoms with E-state index in [1.165, 1.54) is 12.1 Å². The van der Waals surface area contributed by atoms with Crippen molar-refractivity contribution in [1.82, 2.24) is 9.97 Å². The standard InChI is InChI=1S/C16H14F3N3O4S/c1-2-26-14(25)9-5-3-4-6-10(9)20-13(24)8-27-15-21-11(16(17,18)19)7-12(23)22-15/h3-7H,2,8H2,1H3,(H,20,24)(H,21,22,23). The highest BCUT2D eigenvalue weighted by Gasteiger charge is 2.33. The number of para-hydroxylation sites is 1. The van der Waals surface area contributed by atoms with Gasteiger partial charge >= 0.3 is 12.1 Å². The van der Waals surface area contributed by atoms with E-state index in [-0.39, 0.29) is 28.8 Å². The van der Waals surface area contributed by atoms with Crippen molar-refractivity contribution in [2.24, 2.45) is 0 Å². The lowest BCUT2D eigenvalue weighted by Gasteiger charge is -2.10. The zero-order valence-electron chi connectivity index (χ0n) is 13.9. The fourth-order valence-corrected chi connectivity index (χ4v) is 2.62. The van der Waals surface area contributed by atoms with Crippen molar-refractivity contribution in [2.45, 2.75) is 18.3 Å². The highest BCUT2D eigenvalue weighted by Crippen LogP contribution is 2.27. The summed E-state index contributed by atoms with van der Waals surface area (Å²) in [5, 5.41) is 2.13. The predicted octanol–water partition coefficient (Wildman–Crippen LogP) is 2.70. The lowest BCUT2D eigenvalue weighted by molar-refractivity contribution is -0.141. The number of nitrogens with one attached hydrogen (secondary N) is 2. The molecule has 0 aliphatic rings. The quantitative estimate of drug-likeness (QED) is 0.439. The summed E-state index contributed by atoms with van der Waals surface area (Å²) >= 11 is 0.622. The number of amides is 1. The van der Waals surface area contributed by atoms with Crippen LogP contribution in [0, 0.1) is 0 Å². The third-order valence-electron chi connectivity index (χ3n) is 3.05. The molecule has 0 saturated heterocycles. The number of nitrogens with zero attached hydrogens (tertiary/aromatic N) is 1. The van der Waals surface area contributed by atoms with Crippen LogP contribution in [0.25, 0.3) is 0 Å². The van der Waals surface area contributed by atoms with Gasteiger partial charge in [-0.3, -0.25) is 9.59 Å². The van der Waals surface area contributed by atoms with Crippen LogP contribution in [0.1, 0.15) is 23.0 Å². The van der Waals surface area contributed by atoms with Crippen molar-refractivity contribution in [1.29, 1.82) is 0 Å². The van der Waals surface area contributed by atoms with Gasteiger partial charge in [0.15, 0.2) is 10.9 Å². The van der Waals surface area contributed by atoms with Crippen LogP contribution in [0.2, 0.25) is 0 Å². The Labute approximate surface area is 155 Å². The van der Waals surface area contributed by atoms with Gasteiger partial charge in [-0.1, -0.05) is 23.9 Å². The maximum atomic E-state index is 12.7. The van der Waals surface area contributed by atoms with Crippen molar-refractivity contribution in [2.75, 3.05) is 17.7 Å². The van der Waals surface area contributed by atoms with Gasteiger partial charge in [0.1, 0.15) is 0 Å². The summed E-state index contributed by atoms with van der Waals surface area (Å²) in [7, 11) is 0. The average molecular weight is 401 g/mol. The number of carbonyl (C=O) groups excluding carboxylic acids is 2. The molecule has 144 valence electrons. The van der Waals surface area contributed by atoms with E-state index in [4.69, 9.17) is 4.74 Å². The molecular weight excluding hydrogens is 387 g/mol. The third-order valence-corrected chi connectivity index (χ3v) is 3.92. The summed E-state index contributed by atoms with van der Waals surface area (Å²) in [5.74, 6) is -1.55. The fraction of sp³-hybridized carbons (Fsp3) is 0.250. The van der Waals surface area contributed by atoms with E-state index >= 15 is 0 Å². The first-order valence-electron chi connectivity index (χ1n) is 7.58. The molecule has 27 heavy (non-hydrogen) atoms. The van der Waals surface area contributed by atoms with Gasteiger partial charge in [-0.25, -0.2) is 9.78 Å². The van der Waals surface area contributed by atoms with E-state index in [2.05, 4.69) is 15.3 Å². The molecule has 0 aliphatic carbocycles. The Balaban J connectivity index is 2.07. The van der Waals surface area contributed by atoms with Gasteiger partial charge in [0.25, 0.3) is 5.56 Å². The molecule has 0 atom stereocenters. The molecule has 0 unspecified atom stereocenters. The van der Waals surface area contributed by atoms with Crippen molar-refractivity contribution >= 4 is 29.3 Å². The number of aromatic nitrogens is 2. The minimum absolute atomic E-state index is 0.142. The highest BCUT2D eigenvalue weighted by atomic mass is 32.2. The van der Waals surface area contributed by atoms with E-state index in [0.29, 0.717) is 17.8 Å². The van der Waals surface area contributed by atoms with Crippen LogP contribution < -0.4 is 10.9 Å². The summed E-state index contributed by atoms with van der Waals surface area (Å²) < 4.78 is 42.9. The Morgan fingerprint density at radius 2 is 2.00 bits per heavy atom. The first-order chi connectivity index (χ1) is 12.7. The number of rotatable bonds is 6. The number of hydrogen-bond acceptors (Lipinski definition) is 6. The van der Waals surface area contributed by atoms with Crippen molar-refractivity contribution in [3.8, 4) is 0 Å². The van der Waals surface area contributed by atoms with Gasteiger partial charge in [0, 0.05) is 6.07 Å². The Kier molecular flexibility index (Phi) is 6.61. The number of aromatic amines is 1. The molecule has 1 aromatic heterocycles. The number of alkyl halides is 3. The van der Waals surface area contributed by atoms with Gasteiger partial charge < -0.3 is 15.0 Å². The fourth-order valence-electron chi connectivity index (χ4n) is 1.95. The molecule has 1 amide bonds. The van der Waals surface area contributed by atoms with Crippen LogP contribution in [0.4, 0.5) is 18.9 Å². The predicted molar refractivity (Wildman–Crippen MR) is 91.6 cm³/mol. The number of hydrogen-bond donors (Lipinski definition) is 2. The monoisotopic (exact) mass is 401 g/mol. The van der Waals surface area contributed by atoms with E-state index in [9.17, 15) is 27.6 Å². The largest absolute Gasteiger partial charge is 0.462 e. The van der Waals surface area contributed by atoms with Gasteiger partial charge in [-0.05, 0) is 19.1 Å². The number of halogens is 3. The first kappa shape index (κ1) is 20.5. The van der Waals surface area contributed by atoms with Crippen molar-refractivity contribution < 1.29 is 27.5 Å². The molecule has 0 radical (unpaired) electrons. The number of anilines is 1. The molecule has 0 spiro atoms. The second-order valence-corrected chi connectivity index (χ2v) is 6.00. The first-order valence-corrected chi connectivity index (χ1v) is 8.56. The van der Waals surface area contributed by atoms with Gasteiger partial charge in [0.05, 0.1) is 23.6 Å². The topological polar surface area (TPSA) is 101 Å². The van der Waals surface area contributed by atoms with Gasteiger partial charge in [0.2, 0.25) is 5.91 Å². The summed E-state index contributed by atoms with van der Waals surface area (Å²) in [6, 6.07) is 6.47. The summed E-state index contributed by atoms with van der Waals surface area (Å²) in [5.41, 5.74) is -1.98. The number of benzene rings is 1. The Hall–Kier alpha value is -2.82. The molecular formula is C16H14F3N3O4S. The molecule has 1 aromatic carbocycles. The number of thioether (sulfide) groups is 1. The zero-order valence-corrected chi connectivity index (χ0v) is 14.7. The van der Waals surface area contributed by atoms with Crippen LogP contribution >= 0.6 is 11.8 Å². The molecule has 2 rings (SSSR count). The number of ether oxygens (including phenoxy) is 1. The van der Waals surface area contributed by atoms with E-state index in [1.54, 1.807) is 19.1 Å². The number of carbonyl (C=O) groups is 2. The smallest absolute Gasteiger partial charge is 0.433 e. The van der Waals surface area contributed by atoms with Crippen LogP contribution in [-0.2, 0) is 15.7 Å².